The number of carbonyl (C=O) groups excluding carboxylic acids is 2. The molecule has 0 amide bonds. The maximum absolute atomic E-state index is 10.5. The van der Waals surface area contributed by atoms with Gasteiger partial charge in [-0.1, -0.05) is 0 Å². The van der Waals surface area contributed by atoms with Crippen molar-refractivity contribution >= 4 is 18.3 Å². The SMILES string of the molecule is CNc1ccc(C=O)cc1C=O. The third-order valence-corrected chi connectivity index (χ3v) is 1.61. The molecule has 0 aliphatic carbocycles. The van der Waals surface area contributed by atoms with Crippen molar-refractivity contribution in [1.29, 1.82) is 0 Å². The first-order valence-corrected chi connectivity index (χ1v) is 3.54. The second-order valence-corrected chi connectivity index (χ2v) is 2.33. The minimum Gasteiger partial charge on any atom is -0.388 e. The van der Waals surface area contributed by atoms with Gasteiger partial charge >= 0.3 is 0 Å². The average Bonchev–Trinajstić information content (AvgIpc) is 2.16. The van der Waals surface area contributed by atoms with Gasteiger partial charge in [0.05, 0.1) is 0 Å². The van der Waals surface area contributed by atoms with Crippen LogP contribution in [0.25, 0.3) is 0 Å². The molecule has 62 valence electrons. The first kappa shape index (κ1) is 8.46. The molecule has 0 saturated heterocycles. The normalized spacial score (nSPS) is 9.08. The Morgan fingerprint density at radius 3 is 2.50 bits per heavy atom. The quantitative estimate of drug-likeness (QED) is 0.684. The van der Waals surface area contributed by atoms with Gasteiger partial charge in [0.1, 0.15) is 6.29 Å². The summed E-state index contributed by atoms with van der Waals surface area (Å²) in [6, 6.07) is 4.91. The molecule has 0 aromatic heterocycles. The molecule has 1 aromatic rings. The standard InChI is InChI=1S/C9H9NO2/c1-10-9-3-2-7(5-11)4-8(9)6-12/h2-6,10H,1H3. The van der Waals surface area contributed by atoms with E-state index < -0.39 is 0 Å². The molecule has 3 nitrogen and oxygen atoms in total. The van der Waals surface area contributed by atoms with Crippen LogP contribution in [-0.4, -0.2) is 19.6 Å². The van der Waals surface area contributed by atoms with Gasteiger partial charge in [0.2, 0.25) is 0 Å². The van der Waals surface area contributed by atoms with E-state index in [4.69, 9.17) is 0 Å². The Kier molecular flexibility index (Phi) is 2.58. The Morgan fingerprint density at radius 2 is 2.00 bits per heavy atom. The number of nitrogens with one attached hydrogen (secondary N) is 1. The molecule has 0 unspecified atom stereocenters. The van der Waals surface area contributed by atoms with Crippen LogP contribution in [0.1, 0.15) is 20.7 Å². The van der Waals surface area contributed by atoms with E-state index in [2.05, 4.69) is 5.32 Å². The molecule has 12 heavy (non-hydrogen) atoms. The van der Waals surface area contributed by atoms with Crippen LogP contribution in [0.4, 0.5) is 5.69 Å². The molecule has 0 aliphatic rings. The van der Waals surface area contributed by atoms with Crippen LogP contribution in [0.5, 0.6) is 0 Å². The van der Waals surface area contributed by atoms with Crippen molar-refractivity contribution in [3.8, 4) is 0 Å². The van der Waals surface area contributed by atoms with Crippen molar-refractivity contribution in [2.45, 2.75) is 0 Å². The zero-order chi connectivity index (χ0) is 8.97. The van der Waals surface area contributed by atoms with Crippen LogP contribution in [0.3, 0.4) is 0 Å². The van der Waals surface area contributed by atoms with Gasteiger partial charge in [0, 0.05) is 23.9 Å². The molecule has 0 atom stereocenters. The van der Waals surface area contributed by atoms with E-state index in [1.54, 1.807) is 25.2 Å². The van der Waals surface area contributed by atoms with Gasteiger partial charge in [-0.25, -0.2) is 0 Å². The molecular weight excluding hydrogens is 154 g/mol. The summed E-state index contributed by atoms with van der Waals surface area (Å²) >= 11 is 0. The van der Waals surface area contributed by atoms with Crippen molar-refractivity contribution in [2.24, 2.45) is 0 Å². The van der Waals surface area contributed by atoms with Gasteiger partial charge in [0.25, 0.3) is 0 Å². The molecule has 0 heterocycles. The lowest BCUT2D eigenvalue weighted by atomic mass is 10.1. The summed E-state index contributed by atoms with van der Waals surface area (Å²) < 4.78 is 0. The van der Waals surface area contributed by atoms with E-state index in [1.807, 2.05) is 0 Å². The van der Waals surface area contributed by atoms with Crippen molar-refractivity contribution in [1.82, 2.24) is 0 Å². The van der Waals surface area contributed by atoms with Crippen molar-refractivity contribution < 1.29 is 9.59 Å². The highest BCUT2D eigenvalue weighted by atomic mass is 16.1. The van der Waals surface area contributed by atoms with E-state index in [9.17, 15) is 9.59 Å². The lowest BCUT2D eigenvalue weighted by molar-refractivity contribution is 0.112. The predicted octanol–water partition coefficient (Wildman–Crippen LogP) is 1.35. The van der Waals surface area contributed by atoms with Gasteiger partial charge in [-0.2, -0.15) is 0 Å². The summed E-state index contributed by atoms with van der Waals surface area (Å²) in [7, 11) is 1.73. The van der Waals surface area contributed by atoms with Gasteiger partial charge in [0.15, 0.2) is 6.29 Å². The fourth-order valence-corrected chi connectivity index (χ4v) is 0.980. The Bertz CT molecular complexity index is 307. The zero-order valence-corrected chi connectivity index (χ0v) is 6.70. The minimum absolute atomic E-state index is 0.502. The molecule has 1 rings (SSSR count). The third-order valence-electron chi connectivity index (χ3n) is 1.61. The second kappa shape index (κ2) is 3.67. The van der Waals surface area contributed by atoms with Crippen LogP contribution in [0.2, 0.25) is 0 Å². The molecule has 3 heteroatoms. The number of carbonyl (C=O) groups is 2. The van der Waals surface area contributed by atoms with Crippen LogP contribution in [-0.2, 0) is 0 Å². The summed E-state index contributed by atoms with van der Waals surface area (Å²) in [5.41, 5.74) is 1.74. The second-order valence-electron chi connectivity index (χ2n) is 2.33. The van der Waals surface area contributed by atoms with Crippen molar-refractivity contribution in [3.63, 3.8) is 0 Å². The van der Waals surface area contributed by atoms with Crippen LogP contribution >= 0.6 is 0 Å². The number of benzene rings is 1. The first-order valence-electron chi connectivity index (χ1n) is 3.54. The Labute approximate surface area is 70.4 Å². The van der Waals surface area contributed by atoms with Gasteiger partial charge < -0.3 is 5.32 Å². The van der Waals surface area contributed by atoms with Crippen LogP contribution in [0, 0.1) is 0 Å². The van der Waals surface area contributed by atoms with Gasteiger partial charge in [-0.3, -0.25) is 9.59 Å². The molecular formula is C9H9NO2. The van der Waals surface area contributed by atoms with E-state index in [0.29, 0.717) is 17.4 Å². The van der Waals surface area contributed by atoms with E-state index in [0.717, 1.165) is 12.0 Å². The molecule has 0 saturated carbocycles. The molecule has 1 N–H and O–H groups in total. The topological polar surface area (TPSA) is 46.2 Å². The van der Waals surface area contributed by atoms with E-state index in [-0.39, 0.29) is 0 Å². The highest BCUT2D eigenvalue weighted by Crippen LogP contribution is 2.13. The van der Waals surface area contributed by atoms with Crippen LogP contribution < -0.4 is 5.32 Å². The first-order chi connectivity index (χ1) is 5.81. The molecule has 1 aromatic carbocycles. The molecule has 0 radical (unpaired) electrons. The lowest BCUT2D eigenvalue weighted by Gasteiger charge is -2.02. The number of hydrogen-bond acceptors (Lipinski definition) is 3. The van der Waals surface area contributed by atoms with Gasteiger partial charge in [-0.15, -0.1) is 0 Å². The van der Waals surface area contributed by atoms with E-state index in [1.165, 1.54) is 0 Å². The maximum atomic E-state index is 10.5. The monoisotopic (exact) mass is 163 g/mol. The number of rotatable bonds is 3. The van der Waals surface area contributed by atoms with Gasteiger partial charge in [-0.05, 0) is 18.2 Å². The Morgan fingerprint density at radius 1 is 1.25 bits per heavy atom. The maximum Gasteiger partial charge on any atom is 0.152 e. The summed E-state index contributed by atoms with van der Waals surface area (Å²) in [5, 5.41) is 2.85. The molecule has 0 spiro atoms. The molecule has 0 fully saturated rings. The van der Waals surface area contributed by atoms with Crippen molar-refractivity contribution in [3.05, 3.63) is 29.3 Å². The van der Waals surface area contributed by atoms with Crippen molar-refractivity contribution in [2.75, 3.05) is 12.4 Å². The Hall–Kier alpha value is -1.64. The number of anilines is 1. The van der Waals surface area contributed by atoms with E-state index >= 15 is 0 Å². The summed E-state index contributed by atoms with van der Waals surface area (Å²) in [5.74, 6) is 0. The highest BCUT2D eigenvalue weighted by Gasteiger charge is 1.99. The predicted molar refractivity (Wildman–Crippen MR) is 46.8 cm³/mol. The number of hydrogen-bond donors (Lipinski definition) is 1. The largest absolute Gasteiger partial charge is 0.388 e. The third kappa shape index (κ3) is 1.50. The molecule has 0 aliphatic heterocycles. The average molecular weight is 163 g/mol. The summed E-state index contributed by atoms with van der Waals surface area (Å²) in [6.07, 6.45) is 1.44. The fraction of sp³-hybridized carbons (Fsp3) is 0.111. The molecule has 0 bridgehead atoms. The zero-order valence-electron chi connectivity index (χ0n) is 6.70. The fourth-order valence-electron chi connectivity index (χ4n) is 0.980. The van der Waals surface area contributed by atoms with Crippen LogP contribution in [0.15, 0.2) is 18.2 Å². The minimum atomic E-state index is 0.502. The summed E-state index contributed by atoms with van der Waals surface area (Å²) in [4.78, 5) is 20.8. The Balaban J connectivity index is 3.18. The number of aldehydes is 2. The lowest BCUT2D eigenvalue weighted by Crippen LogP contribution is -1.95. The summed E-state index contributed by atoms with van der Waals surface area (Å²) in [6.45, 7) is 0. The smallest absolute Gasteiger partial charge is 0.152 e. The highest BCUT2D eigenvalue weighted by molar-refractivity contribution is 5.88.